The molecule has 156 valence electrons. The lowest BCUT2D eigenvalue weighted by molar-refractivity contribution is 0.102. The Morgan fingerprint density at radius 1 is 1.00 bits per heavy atom. The number of nitrogens with one attached hydrogen (secondary N) is 3. The molecule has 1 amide bonds. The highest BCUT2D eigenvalue weighted by Gasteiger charge is 2.13. The minimum Gasteiger partial charge on any atom is -0.364 e. The maximum Gasteiger partial charge on any atom is 0.255 e. The average molecular weight is 428 g/mol. The fourth-order valence-corrected chi connectivity index (χ4v) is 3.38. The van der Waals surface area contributed by atoms with Crippen LogP contribution in [-0.4, -0.2) is 26.4 Å². The Labute approximate surface area is 174 Å². The van der Waals surface area contributed by atoms with E-state index in [0.29, 0.717) is 17.1 Å². The van der Waals surface area contributed by atoms with Gasteiger partial charge in [-0.25, -0.2) is 22.5 Å². The van der Waals surface area contributed by atoms with E-state index >= 15 is 0 Å². The molecule has 3 rings (SSSR count). The standard InChI is InChI=1S/C21H21FN4O3S/c1-14(25-20-12-11-19(13-24-20)30(28,29)23-2)15-5-9-18(10-6-15)26-21(27)16-3-7-17(22)8-4-16/h3-14,23H,1-2H3,(H,24,25)(H,26,27). The fraction of sp³-hybridized carbons (Fsp3) is 0.143. The first kappa shape index (κ1) is 21.4. The molecule has 0 radical (unpaired) electrons. The minimum absolute atomic E-state index is 0.0875. The van der Waals surface area contributed by atoms with E-state index in [-0.39, 0.29) is 16.8 Å². The molecule has 1 aromatic heterocycles. The number of carbonyl (C=O) groups is 1. The topological polar surface area (TPSA) is 100 Å². The number of carbonyl (C=O) groups excluding carboxylic acids is 1. The van der Waals surface area contributed by atoms with Crippen molar-refractivity contribution in [1.29, 1.82) is 0 Å². The van der Waals surface area contributed by atoms with Crippen LogP contribution in [0.1, 0.15) is 28.9 Å². The Balaban J connectivity index is 1.62. The van der Waals surface area contributed by atoms with Crippen molar-refractivity contribution in [3.05, 3.63) is 83.8 Å². The summed E-state index contributed by atoms with van der Waals surface area (Å²) in [4.78, 5) is 16.4. The highest BCUT2D eigenvalue weighted by Crippen LogP contribution is 2.21. The lowest BCUT2D eigenvalue weighted by Crippen LogP contribution is -2.18. The number of hydrogen-bond donors (Lipinski definition) is 3. The molecule has 3 aromatic rings. The molecular weight excluding hydrogens is 407 g/mol. The van der Waals surface area contributed by atoms with E-state index in [4.69, 9.17) is 0 Å². The highest BCUT2D eigenvalue weighted by molar-refractivity contribution is 7.89. The number of aromatic nitrogens is 1. The molecule has 2 aromatic carbocycles. The Kier molecular flexibility index (Phi) is 6.43. The zero-order valence-corrected chi connectivity index (χ0v) is 17.2. The van der Waals surface area contributed by atoms with Crippen molar-refractivity contribution in [2.24, 2.45) is 0 Å². The van der Waals surface area contributed by atoms with Gasteiger partial charge in [0.1, 0.15) is 16.5 Å². The Hall–Kier alpha value is -3.30. The van der Waals surface area contributed by atoms with Gasteiger partial charge in [-0.1, -0.05) is 12.1 Å². The molecule has 0 aliphatic rings. The summed E-state index contributed by atoms with van der Waals surface area (Å²) >= 11 is 0. The summed E-state index contributed by atoms with van der Waals surface area (Å²) in [5, 5.41) is 5.96. The Morgan fingerprint density at radius 2 is 1.67 bits per heavy atom. The summed E-state index contributed by atoms with van der Waals surface area (Å²) in [5.74, 6) is -0.189. The van der Waals surface area contributed by atoms with Crippen molar-refractivity contribution >= 4 is 27.4 Å². The minimum atomic E-state index is -3.53. The second-order valence-electron chi connectivity index (χ2n) is 6.54. The lowest BCUT2D eigenvalue weighted by Gasteiger charge is -2.16. The SMILES string of the molecule is CNS(=O)(=O)c1ccc(NC(C)c2ccc(NC(=O)c3ccc(F)cc3)cc2)nc1. The van der Waals surface area contributed by atoms with E-state index < -0.39 is 15.8 Å². The van der Waals surface area contributed by atoms with Crippen LogP contribution in [0.3, 0.4) is 0 Å². The van der Waals surface area contributed by atoms with Gasteiger partial charge >= 0.3 is 0 Å². The van der Waals surface area contributed by atoms with Crippen LogP contribution >= 0.6 is 0 Å². The van der Waals surface area contributed by atoms with Gasteiger partial charge in [-0.3, -0.25) is 4.79 Å². The normalized spacial score (nSPS) is 12.2. The second kappa shape index (κ2) is 9.02. The summed E-state index contributed by atoms with van der Waals surface area (Å²) < 4.78 is 38.7. The third-order valence-electron chi connectivity index (χ3n) is 4.45. The predicted molar refractivity (Wildman–Crippen MR) is 113 cm³/mol. The van der Waals surface area contributed by atoms with Gasteiger partial charge in [-0.05, 0) is 68.1 Å². The van der Waals surface area contributed by atoms with Gasteiger partial charge in [0, 0.05) is 23.5 Å². The zero-order chi connectivity index (χ0) is 21.7. The van der Waals surface area contributed by atoms with Gasteiger partial charge < -0.3 is 10.6 Å². The van der Waals surface area contributed by atoms with Crippen molar-refractivity contribution < 1.29 is 17.6 Å². The molecule has 1 heterocycles. The van der Waals surface area contributed by atoms with Crippen molar-refractivity contribution in [3.63, 3.8) is 0 Å². The first-order chi connectivity index (χ1) is 14.3. The van der Waals surface area contributed by atoms with Crippen LogP contribution in [0.2, 0.25) is 0 Å². The van der Waals surface area contributed by atoms with E-state index in [9.17, 15) is 17.6 Å². The van der Waals surface area contributed by atoms with Gasteiger partial charge in [0.25, 0.3) is 5.91 Å². The van der Waals surface area contributed by atoms with Gasteiger partial charge in [0.15, 0.2) is 0 Å². The number of rotatable bonds is 7. The van der Waals surface area contributed by atoms with E-state index in [0.717, 1.165) is 5.56 Å². The molecule has 0 saturated carbocycles. The van der Waals surface area contributed by atoms with Crippen molar-refractivity contribution in [2.45, 2.75) is 17.9 Å². The summed E-state index contributed by atoms with van der Waals surface area (Å²) in [7, 11) is -2.18. The van der Waals surface area contributed by atoms with Crippen molar-refractivity contribution in [2.75, 3.05) is 17.7 Å². The molecule has 0 spiro atoms. The van der Waals surface area contributed by atoms with Crippen molar-refractivity contribution in [1.82, 2.24) is 9.71 Å². The number of hydrogen-bond acceptors (Lipinski definition) is 5. The number of nitrogens with zero attached hydrogens (tertiary/aromatic N) is 1. The molecule has 0 bridgehead atoms. The number of benzene rings is 2. The van der Waals surface area contributed by atoms with Gasteiger partial charge in [0.05, 0.1) is 0 Å². The van der Waals surface area contributed by atoms with Crippen LogP contribution < -0.4 is 15.4 Å². The van der Waals surface area contributed by atoms with Crippen LogP contribution in [0.25, 0.3) is 0 Å². The average Bonchev–Trinajstić information content (AvgIpc) is 2.75. The molecule has 0 aliphatic carbocycles. The summed E-state index contributed by atoms with van der Waals surface area (Å²) in [6, 6.07) is 15.5. The summed E-state index contributed by atoms with van der Waals surface area (Å²) in [5.41, 5.74) is 1.92. The molecule has 0 fully saturated rings. The molecule has 7 nitrogen and oxygen atoms in total. The maximum absolute atomic E-state index is 13.0. The van der Waals surface area contributed by atoms with Crippen LogP contribution in [0.15, 0.2) is 71.8 Å². The van der Waals surface area contributed by atoms with E-state index in [1.54, 1.807) is 18.2 Å². The van der Waals surface area contributed by atoms with Gasteiger partial charge in [-0.15, -0.1) is 0 Å². The van der Waals surface area contributed by atoms with E-state index in [2.05, 4.69) is 20.3 Å². The first-order valence-corrected chi connectivity index (χ1v) is 10.6. The molecule has 1 unspecified atom stereocenters. The molecule has 30 heavy (non-hydrogen) atoms. The monoisotopic (exact) mass is 428 g/mol. The van der Waals surface area contributed by atoms with Gasteiger partial charge in [-0.2, -0.15) is 0 Å². The quantitative estimate of drug-likeness (QED) is 0.534. The Morgan fingerprint density at radius 3 is 2.23 bits per heavy atom. The number of halogens is 1. The number of amides is 1. The fourth-order valence-electron chi connectivity index (χ4n) is 2.71. The zero-order valence-electron chi connectivity index (χ0n) is 16.4. The third kappa shape index (κ3) is 5.19. The first-order valence-electron chi connectivity index (χ1n) is 9.11. The lowest BCUT2D eigenvalue weighted by atomic mass is 10.1. The highest BCUT2D eigenvalue weighted by atomic mass is 32.2. The van der Waals surface area contributed by atoms with Crippen molar-refractivity contribution in [3.8, 4) is 0 Å². The van der Waals surface area contributed by atoms with Crippen LogP contribution in [0, 0.1) is 5.82 Å². The molecule has 0 saturated heterocycles. The van der Waals surface area contributed by atoms with Gasteiger partial charge in [0.2, 0.25) is 10.0 Å². The third-order valence-corrected chi connectivity index (χ3v) is 5.85. The van der Waals surface area contributed by atoms with E-state index in [1.165, 1.54) is 43.6 Å². The Bertz CT molecular complexity index is 1120. The number of pyridine rings is 1. The molecular formula is C21H21FN4O3S. The molecule has 3 N–H and O–H groups in total. The van der Waals surface area contributed by atoms with Crippen LogP contribution in [0.5, 0.6) is 0 Å². The predicted octanol–water partition coefficient (Wildman–Crippen LogP) is 3.55. The number of sulfonamides is 1. The van der Waals surface area contributed by atoms with Crippen LogP contribution in [0.4, 0.5) is 15.9 Å². The summed E-state index contributed by atoms with van der Waals surface area (Å²) in [6.45, 7) is 1.94. The second-order valence-corrected chi connectivity index (χ2v) is 8.42. The summed E-state index contributed by atoms with van der Waals surface area (Å²) in [6.07, 6.45) is 1.29. The molecule has 1 atom stereocenters. The van der Waals surface area contributed by atoms with E-state index in [1.807, 2.05) is 19.1 Å². The molecule has 9 heteroatoms. The number of anilines is 2. The smallest absolute Gasteiger partial charge is 0.255 e. The largest absolute Gasteiger partial charge is 0.364 e. The van der Waals surface area contributed by atoms with Crippen LogP contribution in [-0.2, 0) is 10.0 Å². The molecule has 0 aliphatic heterocycles. The maximum atomic E-state index is 13.0.